The summed E-state index contributed by atoms with van der Waals surface area (Å²) in [4.78, 5) is 10.5. The fraction of sp³-hybridized carbons (Fsp3) is 0.417. The van der Waals surface area contributed by atoms with Crippen molar-refractivity contribution in [2.75, 3.05) is 11.5 Å². The molecule has 0 radical (unpaired) electrons. The van der Waals surface area contributed by atoms with Crippen LogP contribution in [0.1, 0.15) is 18.1 Å². The van der Waals surface area contributed by atoms with Gasteiger partial charge < -0.3 is 15.9 Å². The zero-order chi connectivity index (χ0) is 12.7. The number of thioether (sulfide) groups is 1. The molecule has 5 heteroatoms. The van der Waals surface area contributed by atoms with Crippen LogP contribution in [-0.2, 0) is 4.79 Å². The van der Waals surface area contributed by atoms with Crippen LogP contribution >= 0.6 is 11.8 Å². The number of aliphatic hydroxyl groups is 1. The molecule has 1 unspecified atom stereocenters. The first-order chi connectivity index (χ1) is 8.11. The summed E-state index contributed by atoms with van der Waals surface area (Å²) in [7, 11) is 0. The first-order valence-corrected chi connectivity index (χ1v) is 6.56. The molecule has 0 fully saturated rings. The molecular weight excluding hydrogens is 238 g/mol. The predicted molar refractivity (Wildman–Crippen MR) is 69.0 cm³/mol. The average Bonchev–Trinajstić information content (AvgIpc) is 2.35. The molecule has 0 aliphatic rings. The summed E-state index contributed by atoms with van der Waals surface area (Å²) in [6, 6.07) is 8.58. The van der Waals surface area contributed by atoms with Crippen molar-refractivity contribution in [3.63, 3.8) is 0 Å². The minimum Gasteiger partial charge on any atom is -0.480 e. The van der Waals surface area contributed by atoms with Gasteiger partial charge in [0.2, 0.25) is 0 Å². The molecule has 1 aromatic carbocycles. The van der Waals surface area contributed by atoms with Crippen molar-refractivity contribution in [2.45, 2.75) is 18.6 Å². The van der Waals surface area contributed by atoms with Gasteiger partial charge >= 0.3 is 5.97 Å². The number of aliphatic hydroxyl groups excluding tert-OH is 1. The second-order valence-corrected chi connectivity index (χ2v) is 4.88. The first-order valence-electron chi connectivity index (χ1n) is 5.40. The standard InChI is InChI=1S/C12H17NO3S/c13-10(12(15)16)8-17-7-6-11(14)9-4-2-1-3-5-9/h1-5,10-11,14H,6-8,13H2,(H,15,16)/t10-,11?/m0/s1. The van der Waals surface area contributed by atoms with Gasteiger partial charge in [0.1, 0.15) is 6.04 Å². The van der Waals surface area contributed by atoms with Gasteiger partial charge in [0.15, 0.2) is 0 Å². The van der Waals surface area contributed by atoms with Crippen LogP contribution in [0, 0.1) is 0 Å². The fourth-order valence-corrected chi connectivity index (χ4v) is 2.27. The number of hydrogen-bond acceptors (Lipinski definition) is 4. The van der Waals surface area contributed by atoms with Gasteiger partial charge in [-0.25, -0.2) is 0 Å². The molecule has 4 N–H and O–H groups in total. The molecule has 2 atom stereocenters. The van der Waals surface area contributed by atoms with Gasteiger partial charge in [0, 0.05) is 5.75 Å². The highest BCUT2D eigenvalue weighted by molar-refractivity contribution is 7.99. The minimum atomic E-state index is -0.985. The highest BCUT2D eigenvalue weighted by Gasteiger charge is 2.12. The second-order valence-electron chi connectivity index (χ2n) is 3.73. The van der Waals surface area contributed by atoms with Crippen molar-refractivity contribution in [3.8, 4) is 0 Å². The average molecular weight is 255 g/mol. The van der Waals surface area contributed by atoms with E-state index >= 15 is 0 Å². The molecule has 0 bridgehead atoms. The van der Waals surface area contributed by atoms with Crippen LogP contribution in [0.15, 0.2) is 30.3 Å². The maximum absolute atomic E-state index is 10.5. The third-order valence-corrected chi connectivity index (χ3v) is 3.45. The van der Waals surface area contributed by atoms with Gasteiger partial charge in [0.25, 0.3) is 0 Å². The van der Waals surface area contributed by atoms with Crippen LogP contribution in [0.2, 0.25) is 0 Å². The number of aliphatic carboxylic acids is 1. The lowest BCUT2D eigenvalue weighted by Crippen LogP contribution is -2.32. The monoisotopic (exact) mass is 255 g/mol. The summed E-state index contributed by atoms with van der Waals surface area (Å²) in [5.74, 6) is 0.0783. The van der Waals surface area contributed by atoms with Crippen LogP contribution in [0.25, 0.3) is 0 Å². The number of carbonyl (C=O) groups is 1. The van der Waals surface area contributed by atoms with E-state index in [0.29, 0.717) is 17.9 Å². The fourth-order valence-electron chi connectivity index (χ4n) is 1.32. The lowest BCUT2D eigenvalue weighted by atomic mass is 10.1. The molecular formula is C12H17NO3S. The van der Waals surface area contributed by atoms with Gasteiger partial charge in [-0.2, -0.15) is 11.8 Å². The van der Waals surface area contributed by atoms with E-state index in [-0.39, 0.29) is 0 Å². The lowest BCUT2D eigenvalue weighted by Gasteiger charge is -2.11. The zero-order valence-corrected chi connectivity index (χ0v) is 10.3. The maximum Gasteiger partial charge on any atom is 0.321 e. The molecule has 0 aromatic heterocycles. The normalized spacial score (nSPS) is 14.2. The highest BCUT2D eigenvalue weighted by atomic mass is 32.2. The molecule has 1 rings (SSSR count). The minimum absolute atomic E-state index is 0.372. The maximum atomic E-state index is 10.5. The molecule has 0 spiro atoms. The van der Waals surface area contributed by atoms with Crippen molar-refractivity contribution in [1.29, 1.82) is 0 Å². The van der Waals surface area contributed by atoms with Gasteiger partial charge in [-0.3, -0.25) is 4.79 Å². The Kier molecular flexibility index (Phi) is 6.04. The van der Waals surface area contributed by atoms with Crippen molar-refractivity contribution >= 4 is 17.7 Å². The first kappa shape index (κ1) is 14.0. The predicted octanol–water partition coefficient (Wildman–Crippen LogP) is 1.26. The summed E-state index contributed by atoms with van der Waals surface area (Å²) in [5.41, 5.74) is 6.25. The number of nitrogens with two attached hydrogens (primary N) is 1. The Hall–Kier alpha value is -1.04. The summed E-state index contributed by atoms with van der Waals surface area (Å²) in [6.07, 6.45) is 0.103. The Labute approximate surface area is 105 Å². The summed E-state index contributed by atoms with van der Waals surface area (Å²) in [5, 5.41) is 18.4. The van der Waals surface area contributed by atoms with E-state index in [1.807, 2.05) is 30.3 Å². The Morgan fingerprint density at radius 2 is 2.00 bits per heavy atom. The number of benzene rings is 1. The Balaban J connectivity index is 2.21. The van der Waals surface area contributed by atoms with Crippen molar-refractivity contribution < 1.29 is 15.0 Å². The molecule has 17 heavy (non-hydrogen) atoms. The Morgan fingerprint density at radius 1 is 1.35 bits per heavy atom. The highest BCUT2D eigenvalue weighted by Crippen LogP contribution is 2.18. The van der Waals surface area contributed by atoms with Gasteiger partial charge in [-0.15, -0.1) is 0 Å². The van der Waals surface area contributed by atoms with Crippen molar-refractivity contribution in [2.24, 2.45) is 5.73 Å². The third kappa shape index (κ3) is 5.21. The van der Waals surface area contributed by atoms with Crippen molar-refractivity contribution in [1.82, 2.24) is 0 Å². The number of carboxylic acid groups (broad SMARTS) is 1. The quantitative estimate of drug-likeness (QED) is 0.639. The van der Waals surface area contributed by atoms with Crippen LogP contribution in [0.5, 0.6) is 0 Å². The van der Waals surface area contributed by atoms with Gasteiger partial charge in [-0.1, -0.05) is 30.3 Å². The molecule has 0 amide bonds. The molecule has 0 saturated carbocycles. The summed E-state index contributed by atoms with van der Waals surface area (Å²) >= 11 is 1.45. The number of rotatable bonds is 7. The van der Waals surface area contributed by atoms with E-state index < -0.39 is 18.1 Å². The SMILES string of the molecule is N[C@@H](CSCCC(O)c1ccccc1)C(=O)O. The largest absolute Gasteiger partial charge is 0.480 e. The van der Waals surface area contributed by atoms with E-state index in [1.54, 1.807) is 0 Å². The van der Waals surface area contributed by atoms with E-state index in [2.05, 4.69) is 0 Å². The van der Waals surface area contributed by atoms with E-state index in [9.17, 15) is 9.90 Å². The summed E-state index contributed by atoms with van der Waals surface area (Å²) in [6.45, 7) is 0. The molecule has 1 aromatic rings. The van der Waals surface area contributed by atoms with Crippen LogP contribution in [0.4, 0.5) is 0 Å². The van der Waals surface area contributed by atoms with E-state index in [1.165, 1.54) is 11.8 Å². The molecule has 0 saturated heterocycles. The number of hydrogen-bond donors (Lipinski definition) is 3. The van der Waals surface area contributed by atoms with E-state index in [4.69, 9.17) is 10.8 Å². The van der Waals surface area contributed by atoms with Crippen LogP contribution in [-0.4, -0.2) is 33.7 Å². The van der Waals surface area contributed by atoms with E-state index in [0.717, 1.165) is 5.56 Å². The zero-order valence-electron chi connectivity index (χ0n) is 9.45. The van der Waals surface area contributed by atoms with Crippen LogP contribution < -0.4 is 5.73 Å². The Morgan fingerprint density at radius 3 is 2.59 bits per heavy atom. The van der Waals surface area contributed by atoms with Gasteiger partial charge in [0.05, 0.1) is 6.10 Å². The topological polar surface area (TPSA) is 83.5 Å². The molecule has 0 heterocycles. The molecule has 94 valence electrons. The lowest BCUT2D eigenvalue weighted by molar-refractivity contribution is -0.137. The smallest absolute Gasteiger partial charge is 0.321 e. The van der Waals surface area contributed by atoms with Crippen molar-refractivity contribution in [3.05, 3.63) is 35.9 Å². The molecule has 0 aliphatic carbocycles. The number of carboxylic acids is 1. The second kappa shape index (κ2) is 7.32. The summed E-state index contributed by atoms with van der Waals surface area (Å²) < 4.78 is 0. The van der Waals surface area contributed by atoms with Crippen LogP contribution in [0.3, 0.4) is 0 Å². The molecule has 4 nitrogen and oxygen atoms in total. The van der Waals surface area contributed by atoms with Gasteiger partial charge in [-0.05, 0) is 17.7 Å². The molecule has 0 aliphatic heterocycles. The Bertz CT molecular complexity index is 345. The third-order valence-electron chi connectivity index (χ3n) is 2.33.